The minimum Gasteiger partial charge on any atom is -0.261 e. The highest BCUT2D eigenvalue weighted by molar-refractivity contribution is 5.78. The van der Waals surface area contributed by atoms with Crippen LogP contribution in [0, 0.1) is 11.8 Å². The Morgan fingerprint density at radius 3 is 2.36 bits per heavy atom. The van der Waals surface area contributed by atoms with Gasteiger partial charge in [0.25, 0.3) is 0 Å². The molecule has 0 spiro atoms. The molecule has 0 unspecified atom stereocenters. The van der Waals surface area contributed by atoms with E-state index in [-0.39, 0.29) is 0 Å². The Hall–Kier alpha value is -1.37. The lowest BCUT2D eigenvalue weighted by atomic mass is 9.92. The topological polar surface area (TPSA) is 12.4 Å². The van der Waals surface area contributed by atoms with Crippen LogP contribution in [0.3, 0.4) is 0 Å². The number of hydrogen-bond acceptors (Lipinski definition) is 1. The molecular weight excluding hydrogens is 170 g/mol. The van der Waals surface area contributed by atoms with Gasteiger partial charge in [-0.3, -0.25) is 4.99 Å². The van der Waals surface area contributed by atoms with E-state index >= 15 is 0 Å². The minimum atomic E-state index is 0.558. The Balaban J connectivity index is 2.30. The summed E-state index contributed by atoms with van der Waals surface area (Å²) in [5.74, 6) is 1.14. The van der Waals surface area contributed by atoms with Crippen LogP contribution in [-0.4, -0.2) is 6.21 Å². The third kappa shape index (κ3) is 1.77. The molecule has 0 aromatic heterocycles. The van der Waals surface area contributed by atoms with Gasteiger partial charge in [0.2, 0.25) is 0 Å². The quantitative estimate of drug-likeness (QED) is 0.636. The van der Waals surface area contributed by atoms with Crippen molar-refractivity contribution in [3.63, 3.8) is 0 Å². The van der Waals surface area contributed by atoms with Crippen LogP contribution in [0.1, 0.15) is 19.4 Å². The van der Waals surface area contributed by atoms with Crippen LogP contribution in [0.15, 0.2) is 41.4 Å². The van der Waals surface area contributed by atoms with Gasteiger partial charge in [-0.2, -0.15) is 0 Å². The first-order chi connectivity index (χ1) is 6.77. The maximum absolute atomic E-state index is 4.47. The van der Waals surface area contributed by atoms with Gasteiger partial charge >= 0.3 is 0 Å². The van der Waals surface area contributed by atoms with E-state index in [2.05, 4.69) is 37.0 Å². The molecule has 2 atom stereocenters. The molecular formula is C13H15N. The van der Waals surface area contributed by atoms with Gasteiger partial charge in [-0.25, -0.2) is 0 Å². The fourth-order valence-corrected chi connectivity index (χ4v) is 1.56. The van der Waals surface area contributed by atoms with Gasteiger partial charge in [0.05, 0.1) is 5.70 Å². The lowest BCUT2D eigenvalue weighted by Gasteiger charge is -2.18. The van der Waals surface area contributed by atoms with Crippen LogP contribution >= 0.6 is 0 Å². The zero-order valence-corrected chi connectivity index (χ0v) is 8.64. The fourth-order valence-electron chi connectivity index (χ4n) is 1.56. The van der Waals surface area contributed by atoms with Crippen molar-refractivity contribution in [1.29, 1.82) is 0 Å². The number of nitrogens with zero attached hydrogens (tertiary/aromatic N) is 1. The van der Waals surface area contributed by atoms with Gasteiger partial charge in [0, 0.05) is 6.21 Å². The Bertz CT molecular complexity index is 362. The number of allylic oxidation sites excluding steroid dienone is 1. The lowest BCUT2D eigenvalue weighted by Crippen LogP contribution is -2.10. The number of aliphatic imine (C=N–C) groups is 1. The van der Waals surface area contributed by atoms with Gasteiger partial charge in [-0.15, -0.1) is 0 Å². The molecule has 1 aliphatic heterocycles. The standard InChI is InChI=1S/C13H15N/c1-10-8-13(14-9-11(10)2)12-6-4-3-5-7-12/h3-11H,1-2H3/t10-,11+/m0/s1. The van der Waals surface area contributed by atoms with E-state index < -0.39 is 0 Å². The number of benzene rings is 1. The molecule has 0 N–H and O–H groups in total. The first-order valence-corrected chi connectivity index (χ1v) is 5.09. The van der Waals surface area contributed by atoms with Crippen LogP contribution in [-0.2, 0) is 0 Å². The van der Waals surface area contributed by atoms with Crippen LogP contribution < -0.4 is 0 Å². The van der Waals surface area contributed by atoms with Crippen LogP contribution in [0.25, 0.3) is 5.70 Å². The van der Waals surface area contributed by atoms with Crippen molar-refractivity contribution in [3.05, 3.63) is 42.0 Å². The maximum atomic E-state index is 4.47. The van der Waals surface area contributed by atoms with Crippen molar-refractivity contribution < 1.29 is 0 Å². The number of rotatable bonds is 1. The van der Waals surface area contributed by atoms with Crippen molar-refractivity contribution in [2.75, 3.05) is 0 Å². The predicted molar refractivity (Wildman–Crippen MR) is 61.2 cm³/mol. The Kier molecular flexibility index (Phi) is 2.49. The molecule has 14 heavy (non-hydrogen) atoms. The maximum Gasteiger partial charge on any atom is 0.0661 e. The fraction of sp³-hybridized carbons (Fsp3) is 0.308. The second kappa shape index (κ2) is 3.79. The summed E-state index contributed by atoms with van der Waals surface area (Å²) in [5.41, 5.74) is 2.32. The summed E-state index contributed by atoms with van der Waals surface area (Å²) in [6, 6.07) is 10.3. The molecule has 1 nitrogen and oxygen atoms in total. The number of hydrogen-bond donors (Lipinski definition) is 0. The Labute approximate surface area is 85.2 Å². The molecule has 1 heteroatoms. The summed E-state index contributed by atoms with van der Waals surface area (Å²) in [7, 11) is 0. The third-order valence-corrected chi connectivity index (χ3v) is 2.77. The highest BCUT2D eigenvalue weighted by Crippen LogP contribution is 2.25. The van der Waals surface area contributed by atoms with Gasteiger partial charge in [-0.05, 0) is 17.4 Å². The normalized spacial score (nSPS) is 26.0. The molecule has 1 aromatic rings. The first-order valence-electron chi connectivity index (χ1n) is 5.09. The summed E-state index contributed by atoms with van der Waals surface area (Å²) in [6.07, 6.45) is 4.30. The average Bonchev–Trinajstić information content (AvgIpc) is 2.23. The van der Waals surface area contributed by atoms with Gasteiger partial charge in [0.15, 0.2) is 0 Å². The third-order valence-electron chi connectivity index (χ3n) is 2.77. The molecule has 1 heterocycles. The zero-order valence-electron chi connectivity index (χ0n) is 8.64. The molecule has 0 bridgehead atoms. The summed E-state index contributed by atoms with van der Waals surface area (Å²) in [4.78, 5) is 4.47. The summed E-state index contributed by atoms with van der Waals surface area (Å²) >= 11 is 0. The van der Waals surface area contributed by atoms with Crippen molar-refractivity contribution in [1.82, 2.24) is 0 Å². The van der Waals surface area contributed by atoms with E-state index in [1.54, 1.807) is 0 Å². The van der Waals surface area contributed by atoms with E-state index in [0.717, 1.165) is 5.70 Å². The van der Waals surface area contributed by atoms with E-state index in [4.69, 9.17) is 0 Å². The summed E-state index contributed by atoms with van der Waals surface area (Å²) in [6.45, 7) is 4.44. The molecule has 72 valence electrons. The van der Waals surface area contributed by atoms with Gasteiger partial charge < -0.3 is 0 Å². The summed E-state index contributed by atoms with van der Waals surface area (Å²) in [5, 5.41) is 0. The molecule has 0 amide bonds. The minimum absolute atomic E-state index is 0.558. The second-order valence-corrected chi connectivity index (χ2v) is 3.91. The molecule has 0 fully saturated rings. The van der Waals surface area contributed by atoms with Gasteiger partial charge in [0.1, 0.15) is 0 Å². The molecule has 1 aromatic carbocycles. The SMILES string of the molecule is C[C@@H]1C=NC(c2ccccc2)=C[C@@H]1C. The van der Waals surface area contributed by atoms with Crippen molar-refractivity contribution in [2.24, 2.45) is 16.8 Å². The highest BCUT2D eigenvalue weighted by Gasteiger charge is 2.13. The van der Waals surface area contributed by atoms with E-state index in [9.17, 15) is 0 Å². The Morgan fingerprint density at radius 2 is 1.71 bits per heavy atom. The largest absolute Gasteiger partial charge is 0.261 e. The molecule has 0 aliphatic carbocycles. The lowest BCUT2D eigenvalue weighted by molar-refractivity contribution is 0.594. The molecule has 0 saturated heterocycles. The average molecular weight is 185 g/mol. The van der Waals surface area contributed by atoms with Crippen LogP contribution in [0.4, 0.5) is 0 Å². The smallest absolute Gasteiger partial charge is 0.0661 e. The van der Waals surface area contributed by atoms with E-state index in [1.807, 2.05) is 24.4 Å². The van der Waals surface area contributed by atoms with Crippen molar-refractivity contribution in [3.8, 4) is 0 Å². The van der Waals surface area contributed by atoms with Crippen LogP contribution in [0.2, 0.25) is 0 Å². The van der Waals surface area contributed by atoms with E-state index in [1.165, 1.54) is 5.56 Å². The van der Waals surface area contributed by atoms with Crippen LogP contribution in [0.5, 0.6) is 0 Å². The highest BCUT2D eigenvalue weighted by atomic mass is 14.7. The van der Waals surface area contributed by atoms with Crippen molar-refractivity contribution in [2.45, 2.75) is 13.8 Å². The van der Waals surface area contributed by atoms with E-state index in [0.29, 0.717) is 11.8 Å². The van der Waals surface area contributed by atoms with Crippen molar-refractivity contribution >= 4 is 11.9 Å². The first kappa shape index (κ1) is 9.20. The molecule has 0 radical (unpaired) electrons. The second-order valence-electron chi connectivity index (χ2n) is 3.91. The molecule has 0 saturated carbocycles. The molecule has 1 aliphatic rings. The summed E-state index contributed by atoms with van der Waals surface area (Å²) < 4.78 is 0. The predicted octanol–water partition coefficient (Wildman–Crippen LogP) is 3.38. The van der Waals surface area contributed by atoms with Gasteiger partial charge in [-0.1, -0.05) is 50.3 Å². The Morgan fingerprint density at radius 1 is 1.00 bits per heavy atom. The zero-order chi connectivity index (χ0) is 9.97. The molecule has 2 rings (SSSR count). The monoisotopic (exact) mass is 185 g/mol.